The Labute approximate surface area is 154 Å². The Morgan fingerprint density at radius 3 is 2.58 bits per heavy atom. The Morgan fingerprint density at radius 2 is 2.04 bits per heavy atom. The predicted molar refractivity (Wildman–Crippen MR) is 101 cm³/mol. The summed E-state index contributed by atoms with van der Waals surface area (Å²) in [7, 11) is -3.68. The molecule has 0 saturated carbocycles. The van der Waals surface area contributed by atoms with E-state index in [0.717, 1.165) is 23.1 Å². The maximum atomic E-state index is 11.2. The zero-order valence-electron chi connectivity index (χ0n) is 13.0. The number of aromatic nitrogens is 2. The lowest BCUT2D eigenvalue weighted by molar-refractivity contribution is 0.570. The van der Waals surface area contributed by atoms with Gasteiger partial charge in [0.1, 0.15) is 0 Å². The molecular weight excluding hydrogens is 414 g/mol. The summed E-state index contributed by atoms with van der Waals surface area (Å²) in [5, 5.41) is 16.0. The quantitative estimate of drug-likeness (QED) is 0.477. The summed E-state index contributed by atoms with van der Waals surface area (Å²) in [6.07, 6.45) is 2.80. The van der Waals surface area contributed by atoms with Crippen molar-refractivity contribution < 1.29 is 8.42 Å². The highest BCUT2D eigenvalue weighted by atomic mass is 79.9. The second-order valence-electron chi connectivity index (χ2n) is 5.13. The minimum absolute atomic E-state index is 0.0626. The van der Waals surface area contributed by atoms with Crippen LogP contribution in [0.1, 0.15) is 12.1 Å². The van der Waals surface area contributed by atoms with Crippen molar-refractivity contribution in [2.45, 2.75) is 24.8 Å². The second kappa shape index (κ2) is 8.06. The largest absolute Gasteiger partial charge is 0.362 e. The number of nitrogens with two attached hydrogens (primary N) is 1. The summed E-state index contributed by atoms with van der Waals surface area (Å²) in [4.78, 5) is 0.0626. The van der Waals surface area contributed by atoms with E-state index in [1.54, 1.807) is 12.1 Å². The number of halogens is 1. The topological polar surface area (TPSA) is 102 Å². The number of anilines is 1. The highest BCUT2D eigenvalue weighted by Gasteiger charge is 2.07. The van der Waals surface area contributed by atoms with Crippen molar-refractivity contribution in [2.75, 3.05) is 11.9 Å². The standard InChI is InChI=1S/C14H18BrN5O2S2/c1-10-13(15)9-20(19-10)8-2-7-17-14(23)18-11-3-5-12(6-4-11)24(16,21)22/h3-6,9H,2,7-8H2,1H3,(H2,16,21,22)(H2,17,18,23). The average molecular weight is 432 g/mol. The number of nitrogens with zero attached hydrogens (tertiary/aromatic N) is 2. The number of sulfonamides is 1. The third-order valence-electron chi connectivity index (χ3n) is 3.18. The summed E-state index contributed by atoms with van der Waals surface area (Å²) in [5.41, 5.74) is 1.65. The fourth-order valence-electron chi connectivity index (χ4n) is 1.95. The fraction of sp³-hybridized carbons (Fsp3) is 0.286. The molecule has 0 aliphatic carbocycles. The van der Waals surface area contributed by atoms with Crippen molar-refractivity contribution in [1.29, 1.82) is 0 Å². The molecule has 4 N–H and O–H groups in total. The highest BCUT2D eigenvalue weighted by Crippen LogP contribution is 2.13. The molecule has 0 unspecified atom stereocenters. The molecule has 0 radical (unpaired) electrons. The van der Waals surface area contributed by atoms with Gasteiger partial charge in [-0.3, -0.25) is 4.68 Å². The van der Waals surface area contributed by atoms with Gasteiger partial charge >= 0.3 is 0 Å². The molecule has 0 saturated heterocycles. The summed E-state index contributed by atoms with van der Waals surface area (Å²) >= 11 is 8.63. The zero-order chi connectivity index (χ0) is 17.7. The zero-order valence-corrected chi connectivity index (χ0v) is 16.2. The number of aryl methyl sites for hydroxylation is 2. The Balaban J connectivity index is 1.75. The molecule has 0 spiro atoms. The van der Waals surface area contributed by atoms with Gasteiger partial charge < -0.3 is 10.6 Å². The van der Waals surface area contributed by atoms with Crippen LogP contribution >= 0.6 is 28.1 Å². The van der Waals surface area contributed by atoms with Crippen LogP contribution in [-0.4, -0.2) is 29.9 Å². The first-order chi connectivity index (χ1) is 11.3. The van der Waals surface area contributed by atoms with E-state index in [4.69, 9.17) is 17.4 Å². The molecule has 0 atom stereocenters. The molecule has 1 aromatic carbocycles. The molecule has 0 aliphatic heterocycles. The van der Waals surface area contributed by atoms with Crippen molar-refractivity contribution >= 4 is 49.0 Å². The molecule has 2 rings (SSSR count). The third kappa shape index (κ3) is 5.55. The van der Waals surface area contributed by atoms with Crippen molar-refractivity contribution in [3.05, 3.63) is 40.6 Å². The fourth-order valence-corrected chi connectivity index (χ4v) is 3.01. The number of thiocarbonyl (C=S) groups is 1. The SMILES string of the molecule is Cc1nn(CCCNC(=S)Nc2ccc(S(N)(=O)=O)cc2)cc1Br. The van der Waals surface area contributed by atoms with Crippen molar-refractivity contribution in [1.82, 2.24) is 15.1 Å². The van der Waals surface area contributed by atoms with E-state index in [0.29, 0.717) is 17.3 Å². The minimum atomic E-state index is -3.68. The molecular formula is C14H18BrN5O2S2. The van der Waals surface area contributed by atoms with Crippen molar-refractivity contribution in [3.63, 3.8) is 0 Å². The Kier molecular flexibility index (Phi) is 6.33. The van der Waals surface area contributed by atoms with E-state index in [1.165, 1.54) is 12.1 Å². The van der Waals surface area contributed by atoms with Gasteiger partial charge in [-0.05, 0) is 65.8 Å². The molecule has 2 aromatic rings. The van der Waals surface area contributed by atoms with Gasteiger partial charge in [-0.25, -0.2) is 13.6 Å². The molecule has 0 bridgehead atoms. The molecule has 0 fully saturated rings. The summed E-state index contributed by atoms with van der Waals surface area (Å²) < 4.78 is 25.3. The Hall–Kier alpha value is -1.49. The van der Waals surface area contributed by atoms with E-state index < -0.39 is 10.0 Å². The normalized spacial score (nSPS) is 11.3. The first kappa shape index (κ1) is 18.8. The first-order valence-electron chi connectivity index (χ1n) is 7.13. The van der Waals surface area contributed by atoms with E-state index in [1.807, 2.05) is 17.8 Å². The summed E-state index contributed by atoms with van der Waals surface area (Å²) in [5.74, 6) is 0. The van der Waals surface area contributed by atoms with Crippen LogP contribution in [0.5, 0.6) is 0 Å². The molecule has 1 aromatic heterocycles. The van der Waals surface area contributed by atoms with Crippen molar-refractivity contribution in [2.24, 2.45) is 5.14 Å². The monoisotopic (exact) mass is 431 g/mol. The lowest BCUT2D eigenvalue weighted by atomic mass is 10.3. The minimum Gasteiger partial charge on any atom is -0.362 e. The van der Waals surface area contributed by atoms with Crippen LogP contribution in [0, 0.1) is 6.92 Å². The van der Waals surface area contributed by atoms with Gasteiger partial charge in [-0.1, -0.05) is 0 Å². The molecule has 1 heterocycles. The maximum absolute atomic E-state index is 11.2. The average Bonchev–Trinajstić information content (AvgIpc) is 2.82. The van der Waals surface area contributed by atoms with Crippen molar-refractivity contribution in [3.8, 4) is 0 Å². The molecule has 10 heteroatoms. The molecule has 24 heavy (non-hydrogen) atoms. The van der Waals surface area contributed by atoms with Crippen LogP contribution in [0.4, 0.5) is 5.69 Å². The highest BCUT2D eigenvalue weighted by molar-refractivity contribution is 9.10. The molecule has 0 aliphatic rings. The number of hydrogen-bond donors (Lipinski definition) is 3. The molecule has 7 nitrogen and oxygen atoms in total. The smallest absolute Gasteiger partial charge is 0.238 e. The summed E-state index contributed by atoms with van der Waals surface area (Å²) in [6.45, 7) is 3.42. The molecule has 130 valence electrons. The number of nitrogens with one attached hydrogen (secondary N) is 2. The Bertz CT molecular complexity index is 799. The summed E-state index contributed by atoms with van der Waals surface area (Å²) in [6, 6.07) is 6.08. The van der Waals surface area contributed by atoms with E-state index in [2.05, 4.69) is 31.7 Å². The second-order valence-corrected chi connectivity index (χ2v) is 7.95. The predicted octanol–water partition coefficient (Wildman–Crippen LogP) is 1.98. The van der Waals surface area contributed by atoms with Gasteiger partial charge in [0.25, 0.3) is 0 Å². The van der Waals surface area contributed by atoms with E-state index >= 15 is 0 Å². The number of benzene rings is 1. The number of primary sulfonamides is 1. The van der Waals surface area contributed by atoms with Gasteiger partial charge in [0.2, 0.25) is 10.0 Å². The van der Waals surface area contributed by atoms with Crippen LogP contribution in [0.25, 0.3) is 0 Å². The van der Waals surface area contributed by atoms with Gasteiger partial charge in [0, 0.05) is 25.0 Å². The third-order valence-corrected chi connectivity index (χ3v) is 5.13. The van der Waals surface area contributed by atoms with Gasteiger partial charge in [0.05, 0.1) is 15.1 Å². The van der Waals surface area contributed by atoms with Crippen LogP contribution in [0.15, 0.2) is 39.8 Å². The lowest BCUT2D eigenvalue weighted by Gasteiger charge is -2.11. The van der Waals surface area contributed by atoms with Crippen LogP contribution in [-0.2, 0) is 16.6 Å². The van der Waals surface area contributed by atoms with Crippen LogP contribution in [0.2, 0.25) is 0 Å². The molecule has 0 amide bonds. The Morgan fingerprint density at radius 1 is 1.38 bits per heavy atom. The van der Waals surface area contributed by atoms with E-state index in [-0.39, 0.29) is 4.90 Å². The number of rotatable bonds is 6. The van der Waals surface area contributed by atoms with E-state index in [9.17, 15) is 8.42 Å². The lowest BCUT2D eigenvalue weighted by Crippen LogP contribution is -2.29. The first-order valence-corrected chi connectivity index (χ1v) is 9.88. The van der Waals surface area contributed by atoms with Gasteiger partial charge in [-0.2, -0.15) is 5.10 Å². The van der Waals surface area contributed by atoms with Crippen LogP contribution in [0.3, 0.4) is 0 Å². The maximum Gasteiger partial charge on any atom is 0.238 e. The number of hydrogen-bond acceptors (Lipinski definition) is 4. The van der Waals surface area contributed by atoms with Gasteiger partial charge in [0.15, 0.2) is 5.11 Å². The van der Waals surface area contributed by atoms with Gasteiger partial charge in [-0.15, -0.1) is 0 Å². The van der Waals surface area contributed by atoms with Crippen LogP contribution < -0.4 is 15.8 Å².